The van der Waals surface area contributed by atoms with E-state index in [2.05, 4.69) is 16.3 Å². The van der Waals surface area contributed by atoms with Crippen LogP contribution in [0.4, 0.5) is 11.4 Å². The quantitative estimate of drug-likeness (QED) is 0.445. The van der Waals surface area contributed by atoms with Crippen LogP contribution in [0.3, 0.4) is 0 Å². The minimum atomic E-state index is -0.426. The third-order valence-corrected chi connectivity index (χ3v) is 2.62. The second kappa shape index (κ2) is 5.34. The van der Waals surface area contributed by atoms with Gasteiger partial charge in [-0.3, -0.25) is 10.1 Å². The van der Waals surface area contributed by atoms with Gasteiger partial charge in [0.2, 0.25) is 0 Å². The molecule has 0 bridgehead atoms. The normalized spacial score (nSPS) is 15.9. The fraction of sp³-hybridized carbons (Fsp3) is 0.333. The van der Waals surface area contributed by atoms with Crippen LogP contribution in [0.2, 0.25) is 0 Å². The number of hydrogen-bond acceptors (Lipinski definition) is 4. The molecule has 0 spiro atoms. The third-order valence-electron chi connectivity index (χ3n) is 2.62. The molecule has 0 radical (unpaired) electrons. The minimum Gasteiger partial charge on any atom is -0.258 e. The monoisotopic (exact) mass is 231 g/mol. The van der Waals surface area contributed by atoms with Crippen LogP contribution < -0.4 is 0 Å². The lowest BCUT2D eigenvalue weighted by molar-refractivity contribution is -0.384. The average molecular weight is 231 g/mol. The molecule has 1 aromatic carbocycles. The smallest absolute Gasteiger partial charge is 0.258 e. The highest BCUT2D eigenvalue weighted by Crippen LogP contribution is 2.22. The van der Waals surface area contributed by atoms with Crippen molar-refractivity contribution in [2.75, 3.05) is 0 Å². The maximum absolute atomic E-state index is 10.5. The average Bonchev–Trinajstić information content (AvgIpc) is 2.38. The summed E-state index contributed by atoms with van der Waals surface area (Å²) in [6, 6.07) is 6.07. The fourth-order valence-corrected chi connectivity index (χ4v) is 1.67. The van der Waals surface area contributed by atoms with Crippen LogP contribution in [0.15, 0.2) is 46.3 Å². The summed E-state index contributed by atoms with van der Waals surface area (Å²) < 4.78 is 0. The molecule has 5 heteroatoms. The Balaban J connectivity index is 2.05. The maximum Gasteiger partial charge on any atom is 0.269 e. The molecule has 0 heterocycles. The second-order valence-corrected chi connectivity index (χ2v) is 3.91. The van der Waals surface area contributed by atoms with Gasteiger partial charge in [0.25, 0.3) is 5.69 Å². The molecule has 0 atom stereocenters. The van der Waals surface area contributed by atoms with Gasteiger partial charge in [0.05, 0.1) is 16.3 Å². The van der Waals surface area contributed by atoms with Crippen molar-refractivity contribution >= 4 is 11.4 Å². The number of nitrogens with zero attached hydrogens (tertiary/aromatic N) is 3. The van der Waals surface area contributed by atoms with Crippen LogP contribution in [0, 0.1) is 10.1 Å². The molecule has 2 rings (SSSR count). The van der Waals surface area contributed by atoms with E-state index >= 15 is 0 Å². The first-order chi connectivity index (χ1) is 8.25. The number of azo groups is 1. The van der Waals surface area contributed by atoms with Crippen LogP contribution >= 0.6 is 0 Å². The van der Waals surface area contributed by atoms with Gasteiger partial charge < -0.3 is 0 Å². The topological polar surface area (TPSA) is 67.9 Å². The number of benzene rings is 1. The molecule has 0 fully saturated rings. The highest BCUT2D eigenvalue weighted by molar-refractivity contribution is 5.43. The summed E-state index contributed by atoms with van der Waals surface area (Å²) in [5.74, 6) is 0. The Morgan fingerprint density at radius 2 is 1.88 bits per heavy atom. The van der Waals surface area contributed by atoms with Gasteiger partial charge in [-0.15, -0.1) is 0 Å². The minimum absolute atomic E-state index is 0.0702. The Hall–Kier alpha value is -2.04. The summed E-state index contributed by atoms with van der Waals surface area (Å²) in [7, 11) is 0. The van der Waals surface area contributed by atoms with Crippen molar-refractivity contribution in [3.63, 3.8) is 0 Å². The molecule has 0 aromatic heterocycles. The lowest BCUT2D eigenvalue weighted by Crippen LogP contribution is -1.87. The first kappa shape index (κ1) is 11.4. The number of rotatable bonds is 3. The third kappa shape index (κ3) is 3.21. The molecule has 0 saturated carbocycles. The summed E-state index contributed by atoms with van der Waals surface area (Å²) >= 11 is 0. The molecular formula is C12H13N3O2. The summed E-state index contributed by atoms with van der Waals surface area (Å²) in [6.45, 7) is 0. The van der Waals surface area contributed by atoms with Crippen molar-refractivity contribution in [3.8, 4) is 0 Å². The molecule has 0 saturated heterocycles. The Morgan fingerprint density at radius 1 is 1.12 bits per heavy atom. The van der Waals surface area contributed by atoms with E-state index < -0.39 is 4.92 Å². The van der Waals surface area contributed by atoms with Crippen molar-refractivity contribution in [2.45, 2.75) is 25.7 Å². The van der Waals surface area contributed by atoms with E-state index in [1.165, 1.54) is 18.6 Å². The lowest BCUT2D eigenvalue weighted by atomic mass is 10.1. The highest BCUT2D eigenvalue weighted by atomic mass is 16.6. The molecule has 1 aromatic rings. The molecule has 5 nitrogen and oxygen atoms in total. The summed E-state index contributed by atoms with van der Waals surface area (Å²) in [5.41, 5.74) is 1.72. The molecule has 0 amide bonds. The van der Waals surface area contributed by atoms with Crippen molar-refractivity contribution in [3.05, 3.63) is 46.2 Å². The largest absolute Gasteiger partial charge is 0.269 e. The first-order valence-electron chi connectivity index (χ1n) is 5.61. The van der Waals surface area contributed by atoms with Crippen LogP contribution in [-0.2, 0) is 0 Å². The Labute approximate surface area is 99.0 Å². The molecule has 88 valence electrons. The zero-order valence-electron chi connectivity index (χ0n) is 9.37. The highest BCUT2D eigenvalue weighted by Gasteiger charge is 2.04. The van der Waals surface area contributed by atoms with Gasteiger partial charge in [-0.25, -0.2) is 0 Å². The van der Waals surface area contributed by atoms with Crippen LogP contribution in [0.5, 0.6) is 0 Å². The molecule has 0 N–H and O–H groups in total. The summed E-state index contributed by atoms with van der Waals surface area (Å²) in [6.07, 6.45) is 6.51. The standard InChI is InChI=1S/C12H13N3O2/c16-15(17)12-8-6-11(7-9-12)14-13-10-4-2-1-3-5-10/h4,6-9H,1-3,5H2. The second-order valence-electron chi connectivity index (χ2n) is 3.91. The van der Waals surface area contributed by atoms with Gasteiger partial charge in [0, 0.05) is 12.1 Å². The number of nitro benzene ring substituents is 1. The zero-order chi connectivity index (χ0) is 12.1. The van der Waals surface area contributed by atoms with Gasteiger partial charge in [0.15, 0.2) is 0 Å². The molecule has 1 aliphatic rings. The predicted octanol–water partition coefficient (Wildman–Crippen LogP) is 4.14. The van der Waals surface area contributed by atoms with E-state index in [9.17, 15) is 10.1 Å². The first-order valence-corrected chi connectivity index (χ1v) is 5.61. The van der Waals surface area contributed by atoms with E-state index in [-0.39, 0.29) is 5.69 Å². The van der Waals surface area contributed by atoms with Crippen molar-refractivity contribution in [1.82, 2.24) is 0 Å². The van der Waals surface area contributed by atoms with Crippen molar-refractivity contribution in [1.29, 1.82) is 0 Å². The van der Waals surface area contributed by atoms with E-state index in [1.54, 1.807) is 12.1 Å². The summed E-state index contributed by atoms with van der Waals surface area (Å²) in [5, 5.41) is 18.7. The maximum atomic E-state index is 10.5. The van der Waals surface area contributed by atoms with E-state index in [0.717, 1.165) is 25.0 Å². The Bertz CT molecular complexity index is 463. The van der Waals surface area contributed by atoms with E-state index in [4.69, 9.17) is 0 Å². The van der Waals surface area contributed by atoms with E-state index in [1.807, 2.05) is 0 Å². The van der Waals surface area contributed by atoms with E-state index in [0.29, 0.717) is 5.69 Å². The van der Waals surface area contributed by atoms with Gasteiger partial charge in [-0.05, 0) is 37.8 Å². The molecular weight excluding hydrogens is 218 g/mol. The van der Waals surface area contributed by atoms with Crippen LogP contribution in [-0.4, -0.2) is 4.92 Å². The van der Waals surface area contributed by atoms with Crippen molar-refractivity contribution in [2.24, 2.45) is 10.2 Å². The lowest BCUT2D eigenvalue weighted by Gasteiger charge is -2.05. The number of nitro groups is 1. The van der Waals surface area contributed by atoms with Gasteiger partial charge >= 0.3 is 0 Å². The molecule has 0 unspecified atom stereocenters. The Kier molecular flexibility index (Phi) is 3.59. The number of allylic oxidation sites excluding steroid dienone is 2. The van der Waals surface area contributed by atoms with Crippen LogP contribution in [0.25, 0.3) is 0 Å². The van der Waals surface area contributed by atoms with Crippen LogP contribution in [0.1, 0.15) is 25.7 Å². The molecule has 17 heavy (non-hydrogen) atoms. The number of non-ortho nitro benzene ring substituents is 1. The van der Waals surface area contributed by atoms with Gasteiger partial charge in [-0.2, -0.15) is 10.2 Å². The molecule has 1 aliphatic carbocycles. The van der Waals surface area contributed by atoms with Crippen molar-refractivity contribution < 1.29 is 4.92 Å². The fourth-order valence-electron chi connectivity index (χ4n) is 1.67. The molecule has 0 aliphatic heterocycles. The Morgan fingerprint density at radius 3 is 2.47 bits per heavy atom. The zero-order valence-corrected chi connectivity index (χ0v) is 9.37. The predicted molar refractivity (Wildman–Crippen MR) is 64.2 cm³/mol. The van der Waals surface area contributed by atoms with Gasteiger partial charge in [-0.1, -0.05) is 6.08 Å². The van der Waals surface area contributed by atoms with Gasteiger partial charge in [0.1, 0.15) is 0 Å². The SMILES string of the molecule is O=[N+]([O-])c1ccc(N=NC2=CCCCC2)cc1. The summed E-state index contributed by atoms with van der Waals surface area (Å²) in [4.78, 5) is 10.0. The number of hydrogen-bond donors (Lipinski definition) is 0.